The molecule has 0 radical (unpaired) electrons. The van der Waals surface area contributed by atoms with Gasteiger partial charge < -0.3 is 20.1 Å². The molecule has 3 N–H and O–H groups in total. The summed E-state index contributed by atoms with van der Waals surface area (Å²) in [5, 5.41) is 13.4. The molecule has 0 spiro atoms. The monoisotopic (exact) mass is 249 g/mol. The van der Waals surface area contributed by atoms with Crippen LogP contribution in [0.2, 0.25) is 0 Å². The fraction of sp³-hybridized carbons (Fsp3) is 0.333. The van der Waals surface area contributed by atoms with Gasteiger partial charge in [-0.15, -0.1) is 0 Å². The molecular formula is C12H15N3O3. The normalized spacial score (nSPS) is 11.6. The van der Waals surface area contributed by atoms with E-state index in [1.54, 1.807) is 26.0 Å². The molecule has 0 saturated carbocycles. The summed E-state index contributed by atoms with van der Waals surface area (Å²) >= 11 is 0. The van der Waals surface area contributed by atoms with Crippen LogP contribution in [0, 0.1) is 0 Å². The highest BCUT2D eigenvalue weighted by molar-refractivity contribution is 5.60. The molecule has 1 heterocycles. The van der Waals surface area contributed by atoms with E-state index in [1.807, 2.05) is 0 Å². The van der Waals surface area contributed by atoms with Crippen molar-refractivity contribution in [3.8, 4) is 22.9 Å². The molecule has 0 bridgehead atoms. The molecule has 0 amide bonds. The first-order chi connectivity index (χ1) is 8.41. The van der Waals surface area contributed by atoms with Gasteiger partial charge in [0.2, 0.25) is 11.7 Å². The first kappa shape index (κ1) is 12.4. The summed E-state index contributed by atoms with van der Waals surface area (Å²) in [5.74, 6) is 1.17. The lowest BCUT2D eigenvalue weighted by Gasteiger charge is -2.10. The Morgan fingerprint density at radius 3 is 2.67 bits per heavy atom. The van der Waals surface area contributed by atoms with Crippen LogP contribution in [0.1, 0.15) is 19.7 Å². The van der Waals surface area contributed by atoms with E-state index in [0.29, 0.717) is 23.0 Å². The maximum absolute atomic E-state index is 9.51. The molecule has 0 atom stereocenters. The average Bonchev–Trinajstić information content (AvgIpc) is 2.78. The number of rotatable bonds is 3. The fourth-order valence-electron chi connectivity index (χ4n) is 1.42. The van der Waals surface area contributed by atoms with Crippen LogP contribution in [0.5, 0.6) is 11.5 Å². The van der Waals surface area contributed by atoms with Crippen LogP contribution in [0.15, 0.2) is 22.7 Å². The number of phenols is 1. The Bertz CT molecular complexity index is 558. The van der Waals surface area contributed by atoms with Crippen LogP contribution in [0.3, 0.4) is 0 Å². The predicted molar refractivity (Wildman–Crippen MR) is 65.2 cm³/mol. The summed E-state index contributed by atoms with van der Waals surface area (Å²) in [4.78, 5) is 4.22. The third-order valence-electron chi connectivity index (χ3n) is 2.42. The first-order valence-electron chi connectivity index (χ1n) is 5.42. The van der Waals surface area contributed by atoms with Gasteiger partial charge in [0.05, 0.1) is 12.6 Å². The number of aromatic nitrogens is 2. The lowest BCUT2D eigenvalue weighted by molar-refractivity contribution is 0.312. The van der Waals surface area contributed by atoms with Gasteiger partial charge in [-0.05, 0) is 32.0 Å². The standard InChI is InChI=1S/C12H15N3O3/c1-12(2,13)11-14-10(15-18-11)7-4-5-8(16)9(6-7)17-3/h4-6,16H,13H2,1-3H3. The zero-order chi connectivity index (χ0) is 13.3. The van der Waals surface area contributed by atoms with E-state index < -0.39 is 5.54 Å². The molecule has 1 aromatic carbocycles. The summed E-state index contributed by atoms with van der Waals surface area (Å²) in [6.45, 7) is 3.56. The topological polar surface area (TPSA) is 94.4 Å². The van der Waals surface area contributed by atoms with Gasteiger partial charge in [-0.25, -0.2) is 0 Å². The molecule has 2 rings (SSSR count). The number of aromatic hydroxyl groups is 1. The van der Waals surface area contributed by atoms with Gasteiger partial charge in [0.1, 0.15) is 0 Å². The number of ether oxygens (including phenoxy) is 1. The third-order valence-corrected chi connectivity index (χ3v) is 2.42. The van der Waals surface area contributed by atoms with E-state index in [2.05, 4.69) is 10.1 Å². The van der Waals surface area contributed by atoms with Gasteiger partial charge in [0, 0.05) is 5.56 Å². The number of hydrogen-bond acceptors (Lipinski definition) is 6. The second-order valence-corrected chi connectivity index (χ2v) is 4.53. The minimum absolute atomic E-state index is 0.0594. The lowest BCUT2D eigenvalue weighted by Crippen LogP contribution is -2.28. The van der Waals surface area contributed by atoms with Crippen LogP contribution in [0.4, 0.5) is 0 Å². The van der Waals surface area contributed by atoms with Crippen LogP contribution in [-0.4, -0.2) is 22.4 Å². The van der Waals surface area contributed by atoms with Gasteiger partial charge in [-0.2, -0.15) is 4.98 Å². The maximum Gasteiger partial charge on any atom is 0.246 e. The van der Waals surface area contributed by atoms with Crippen molar-refractivity contribution >= 4 is 0 Å². The van der Waals surface area contributed by atoms with Crippen molar-refractivity contribution in [3.05, 3.63) is 24.1 Å². The van der Waals surface area contributed by atoms with Gasteiger partial charge in [-0.3, -0.25) is 0 Å². The molecule has 0 unspecified atom stereocenters. The molecule has 0 saturated heterocycles. The second kappa shape index (κ2) is 4.30. The van der Waals surface area contributed by atoms with E-state index >= 15 is 0 Å². The van der Waals surface area contributed by atoms with Crippen molar-refractivity contribution in [1.82, 2.24) is 10.1 Å². The maximum atomic E-state index is 9.51. The number of hydrogen-bond donors (Lipinski definition) is 2. The SMILES string of the molecule is COc1cc(-c2noc(C(C)(C)N)n2)ccc1O. The summed E-state index contributed by atoms with van der Waals surface area (Å²) in [7, 11) is 1.48. The Morgan fingerprint density at radius 2 is 2.11 bits per heavy atom. The third kappa shape index (κ3) is 2.28. The molecule has 2 aromatic rings. The predicted octanol–water partition coefficient (Wildman–Crippen LogP) is 1.64. The number of phenolic OH excluding ortho intramolecular Hbond substituents is 1. The van der Waals surface area contributed by atoms with E-state index in [4.69, 9.17) is 15.0 Å². The Hall–Kier alpha value is -2.08. The number of nitrogens with zero attached hydrogens (tertiary/aromatic N) is 2. The number of benzene rings is 1. The van der Waals surface area contributed by atoms with Crippen LogP contribution in [-0.2, 0) is 5.54 Å². The van der Waals surface area contributed by atoms with Crippen molar-refractivity contribution in [1.29, 1.82) is 0 Å². The van der Waals surface area contributed by atoms with Gasteiger partial charge in [-0.1, -0.05) is 5.16 Å². The van der Waals surface area contributed by atoms with E-state index in [1.165, 1.54) is 13.2 Å². The molecule has 0 aliphatic rings. The Kier molecular flexibility index (Phi) is 2.96. The minimum Gasteiger partial charge on any atom is -0.504 e. The van der Waals surface area contributed by atoms with Crippen LogP contribution in [0.25, 0.3) is 11.4 Å². The Morgan fingerprint density at radius 1 is 1.39 bits per heavy atom. The first-order valence-corrected chi connectivity index (χ1v) is 5.42. The molecule has 1 aromatic heterocycles. The highest BCUT2D eigenvalue weighted by Crippen LogP contribution is 2.30. The van der Waals surface area contributed by atoms with Crippen LogP contribution < -0.4 is 10.5 Å². The highest BCUT2D eigenvalue weighted by Gasteiger charge is 2.23. The molecule has 18 heavy (non-hydrogen) atoms. The van der Waals surface area contributed by atoms with Gasteiger partial charge >= 0.3 is 0 Å². The highest BCUT2D eigenvalue weighted by atomic mass is 16.5. The van der Waals surface area contributed by atoms with Crippen molar-refractivity contribution in [3.63, 3.8) is 0 Å². The molecule has 0 fully saturated rings. The quantitative estimate of drug-likeness (QED) is 0.858. The van der Waals surface area contributed by atoms with E-state index in [0.717, 1.165) is 0 Å². The number of nitrogens with two attached hydrogens (primary N) is 1. The molecule has 96 valence electrons. The number of methoxy groups -OCH3 is 1. The van der Waals surface area contributed by atoms with Gasteiger partial charge in [0.25, 0.3) is 0 Å². The molecule has 6 heteroatoms. The lowest BCUT2D eigenvalue weighted by atomic mass is 10.1. The zero-order valence-corrected chi connectivity index (χ0v) is 10.5. The zero-order valence-electron chi connectivity index (χ0n) is 10.5. The average molecular weight is 249 g/mol. The van der Waals surface area contributed by atoms with E-state index in [-0.39, 0.29) is 5.75 Å². The smallest absolute Gasteiger partial charge is 0.246 e. The van der Waals surface area contributed by atoms with Crippen molar-refractivity contribution in [2.24, 2.45) is 5.73 Å². The minimum atomic E-state index is -0.688. The molecule has 6 nitrogen and oxygen atoms in total. The molecule has 0 aliphatic carbocycles. The summed E-state index contributed by atoms with van der Waals surface area (Å²) in [6.07, 6.45) is 0. The molecular weight excluding hydrogens is 234 g/mol. The largest absolute Gasteiger partial charge is 0.504 e. The molecule has 0 aliphatic heterocycles. The summed E-state index contributed by atoms with van der Waals surface area (Å²) in [5.41, 5.74) is 5.86. The van der Waals surface area contributed by atoms with Crippen molar-refractivity contribution < 1.29 is 14.4 Å². The Labute approximate surface area is 104 Å². The van der Waals surface area contributed by atoms with Crippen molar-refractivity contribution in [2.45, 2.75) is 19.4 Å². The Balaban J connectivity index is 2.40. The summed E-state index contributed by atoms with van der Waals surface area (Å²) in [6, 6.07) is 4.82. The summed E-state index contributed by atoms with van der Waals surface area (Å²) < 4.78 is 10.1. The van der Waals surface area contributed by atoms with Crippen LogP contribution >= 0.6 is 0 Å². The fourth-order valence-corrected chi connectivity index (χ4v) is 1.42. The van der Waals surface area contributed by atoms with Gasteiger partial charge in [0.15, 0.2) is 11.5 Å². The second-order valence-electron chi connectivity index (χ2n) is 4.53. The van der Waals surface area contributed by atoms with Crippen molar-refractivity contribution in [2.75, 3.05) is 7.11 Å². The van der Waals surface area contributed by atoms with E-state index in [9.17, 15) is 5.11 Å².